The SMILES string of the molecule is Clc1ccc2c(c1)-c1ccc3c(nc(-c4ccccc4)c4ccccc43)c1C2.Clc1ccc2c(c1)c1ccc3c4ccccc4c(-c4ccccc4)nc3c1n2-c1ccccc1.Ic1ccccc1. The van der Waals surface area contributed by atoms with Gasteiger partial charge in [0.1, 0.15) is 0 Å². The topological polar surface area (TPSA) is 30.7 Å². The summed E-state index contributed by atoms with van der Waals surface area (Å²) in [4.78, 5) is 10.6. The minimum absolute atomic E-state index is 0.733. The Kier molecular flexibility index (Phi) is 11.4. The molecular formula is C63H40Cl2IN3. The van der Waals surface area contributed by atoms with Crippen LogP contribution in [0.15, 0.2) is 231 Å². The van der Waals surface area contributed by atoms with Crippen LogP contribution < -0.4 is 0 Å². The summed E-state index contributed by atoms with van der Waals surface area (Å²) in [5.41, 5.74) is 14.8. The largest absolute Gasteiger partial charge is 0.307 e. The van der Waals surface area contributed by atoms with E-state index in [0.717, 1.165) is 88.3 Å². The number of hydrogen-bond acceptors (Lipinski definition) is 2. The molecule has 14 rings (SSSR count). The van der Waals surface area contributed by atoms with Crippen molar-refractivity contribution in [1.82, 2.24) is 14.5 Å². The van der Waals surface area contributed by atoms with Crippen LogP contribution >= 0.6 is 45.8 Å². The van der Waals surface area contributed by atoms with Crippen LogP contribution in [-0.2, 0) is 6.42 Å². The van der Waals surface area contributed by atoms with E-state index in [1.165, 1.54) is 47.4 Å². The van der Waals surface area contributed by atoms with Crippen LogP contribution in [0, 0.1) is 3.57 Å². The number of halogens is 3. The minimum Gasteiger partial charge on any atom is -0.307 e. The molecule has 3 heterocycles. The van der Waals surface area contributed by atoms with E-state index in [-0.39, 0.29) is 0 Å². The maximum absolute atomic E-state index is 6.45. The van der Waals surface area contributed by atoms with Crippen molar-refractivity contribution in [3.05, 3.63) is 255 Å². The molecule has 0 fully saturated rings. The average molecular weight is 1040 g/mol. The first-order valence-electron chi connectivity index (χ1n) is 22.9. The van der Waals surface area contributed by atoms with E-state index in [1.807, 2.05) is 48.5 Å². The van der Waals surface area contributed by atoms with E-state index in [1.54, 1.807) is 0 Å². The van der Waals surface area contributed by atoms with E-state index < -0.39 is 0 Å². The Labute approximate surface area is 423 Å². The number of pyridine rings is 2. The molecule has 0 amide bonds. The van der Waals surface area contributed by atoms with Gasteiger partial charge in [0.15, 0.2) is 0 Å². The maximum atomic E-state index is 6.45. The van der Waals surface area contributed by atoms with Crippen molar-refractivity contribution in [2.45, 2.75) is 6.42 Å². The first-order valence-corrected chi connectivity index (χ1v) is 24.8. The number of rotatable bonds is 3. The standard InChI is InChI=1S/C31H19ClN2.C26H16ClN.C6H5I/c32-21-15-18-28-27(19-21)26-17-16-25-23-13-7-8-14-24(23)29(20-9-3-1-4-10-20)33-30(25)31(26)34(28)22-11-5-2-6-12-22;27-18-11-10-17-14-24-20(23(17)15-18)12-13-22-19-8-4-5-9-21(19)25(28-26(22)24)16-6-2-1-3-7-16;7-6-4-2-1-3-5-6/h1-19H;1-13,15H,14H2;1-5H. The number of hydrogen-bond donors (Lipinski definition) is 0. The molecule has 69 heavy (non-hydrogen) atoms. The third-order valence-corrected chi connectivity index (χ3v) is 14.3. The molecule has 0 bridgehead atoms. The Morgan fingerprint density at radius 3 is 1.49 bits per heavy atom. The smallest absolute Gasteiger partial charge is 0.0962 e. The monoisotopic (exact) mass is 1040 g/mol. The van der Waals surface area contributed by atoms with Gasteiger partial charge >= 0.3 is 0 Å². The number of nitrogens with zero attached hydrogens (tertiary/aromatic N) is 3. The lowest BCUT2D eigenvalue weighted by molar-refractivity contribution is 1.18. The first-order chi connectivity index (χ1) is 34.0. The number of benzene rings is 10. The average Bonchev–Trinajstić information content (AvgIpc) is 3.95. The summed E-state index contributed by atoms with van der Waals surface area (Å²) in [7, 11) is 0. The normalized spacial score (nSPS) is 11.6. The second-order valence-electron chi connectivity index (χ2n) is 17.2. The summed E-state index contributed by atoms with van der Waals surface area (Å²) in [6.45, 7) is 0. The zero-order valence-electron chi connectivity index (χ0n) is 37.1. The highest BCUT2D eigenvalue weighted by atomic mass is 127. The minimum atomic E-state index is 0.733. The molecule has 10 aromatic carbocycles. The quantitative estimate of drug-likeness (QED) is 0.130. The lowest BCUT2D eigenvalue weighted by Gasteiger charge is -2.13. The maximum Gasteiger partial charge on any atom is 0.0962 e. The van der Waals surface area contributed by atoms with Crippen molar-refractivity contribution in [3.63, 3.8) is 0 Å². The summed E-state index contributed by atoms with van der Waals surface area (Å²) in [5, 5.41) is 11.0. The Bertz CT molecular complexity index is 4060. The fourth-order valence-corrected chi connectivity index (χ4v) is 10.8. The van der Waals surface area contributed by atoms with Crippen molar-refractivity contribution in [3.8, 4) is 39.3 Å². The molecule has 6 heteroatoms. The van der Waals surface area contributed by atoms with Gasteiger partial charge in [0, 0.05) is 69.2 Å². The molecule has 0 aliphatic heterocycles. The van der Waals surface area contributed by atoms with Crippen LogP contribution in [0.3, 0.4) is 0 Å². The summed E-state index contributed by atoms with van der Waals surface area (Å²) >= 11 is 15.0. The molecule has 328 valence electrons. The predicted molar refractivity (Wildman–Crippen MR) is 301 cm³/mol. The number of aromatic nitrogens is 3. The highest BCUT2D eigenvalue weighted by Crippen LogP contribution is 2.44. The van der Waals surface area contributed by atoms with Crippen molar-refractivity contribution >= 4 is 111 Å². The molecule has 0 N–H and O–H groups in total. The second kappa shape index (κ2) is 18.3. The third-order valence-electron chi connectivity index (χ3n) is 13.1. The lowest BCUT2D eigenvalue weighted by Crippen LogP contribution is -1.96. The van der Waals surface area contributed by atoms with Gasteiger partial charge in [-0.1, -0.05) is 199 Å². The van der Waals surface area contributed by atoms with Crippen LogP contribution in [0.2, 0.25) is 10.0 Å². The zero-order valence-corrected chi connectivity index (χ0v) is 40.8. The van der Waals surface area contributed by atoms with E-state index in [4.69, 9.17) is 33.2 Å². The van der Waals surface area contributed by atoms with Crippen LogP contribution in [0.1, 0.15) is 11.1 Å². The highest BCUT2D eigenvalue weighted by molar-refractivity contribution is 14.1. The van der Waals surface area contributed by atoms with Gasteiger partial charge < -0.3 is 4.57 Å². The van der Waals surface area contributed by atoms with Crippen molar-refractivity contribution in [1.29, 1.82) is 0 Å². The van der Waals surface area contributed by atoms with Crippen LogP contribution in [-0.4, -0.2) is 14.5 Å². The lowest BCUT2D eigenvalue weighted by atomic mass is 9.96. The molecule has 0 saturated carbocycles. The van der Waals surface area contributed by atoms with E-state index in [9.17, 15) is 0 Å². The molecule has 1 aliphatic carbocycles. The summed E-state index contributed by atoms with van der Waals surface area (Å²) in [6.07, 6.45) is 0.902. The molecule has 0 saturated heterocycles. The highest BCUT2D eigenvalue weighted by Gasteiger charge is 2.24. The van der Waals surface area contributed by atoms with Gasteiger partial charge in [-0.3, -0.25) is 0 Å². The van der Waals surface area contributed by atoms with Crippen molar-refractivity contribution in [2.75, 3.05) is 0 Å². The molecule has 0 atom stereocenters. The summed E-state index contributed by atoms with van der Waals surface area (Å²) in [5.74, 6) is 0. The van der Waals surface area contributed by atoms with Crippen molar-refractivity contribution < 1.29 is 0 Å². The third kappa shape index (κ3) is 7.89. The Morgan fingerprint density at radius 2 is 0.884 bits per heavy atom. The molecule has 1 aliphatic rings. The molecule has 0 radical (unpaired) electrons. The van der Waals surface area contributed by atoms with E-state index >= 15 is 0 Å². The summed E-state index contributed by atoms with van der Waals surface area (Å²) < 4.78 is 3.61. The molecule has 0 spiro atoms. The van der Waals surface area contributed by atoms with Gasteiger partial charge in [-0.05, 0) is 110 Å². The van der Waals surface area contributed by atoms with Gasteiger partial charge in [-0.15, -0.1) is 0 Å². The fraction of sp³-hybridized carbons (Fsp3) is 0.0159. The number of fused-ring (bicyclic) bond motifs is 14. The molecule has 3 nitrogen and oxygen atoms in total. The Hall–Kier alpha value is -7.35. The molecule has 0 unspecified atom stereocenters. The van der Waals surface area contributed by atoms with Gasteiger partial charge in [0.2, 0.25) is 0 Å². The van der Waals surface area contributed by atoms with Gasteiger partial charge in [-0.2, -0.15) is 0 Å². The van der Waals surface area contributed by atoms with Crippen LogP contribution in [0.5, 0.6) is 0 Å². The Morgan fingerprint density at radius 1 is 0.391 bits per heavy atom. The molecule has 3 aromatic heterocycles. The van der Waals surface area contributed by atoms with Crippen molar-refractivity contribution in [2.24, 2.45) is 0 Å². The zero-order chi connectivity index (χ0) is 46.4. The van der Waals surface area contributed by atoms with Gasteiger partial charge in [-0.25, -0.2) is 9.97 Å². The van der Waals surface area contributed by atoms with Gasteiger partial charge in [0.25, 0.3) is 0 Å². The first kappa shape index (κ1) is 43.0. The van der Waals surface area contributed by atoms with E-state index in [2.05, 4.69) is 209 Å². The molecular weight excluding hydrogens is 997 g/mol. The fourth-order valence-electron chi connectivity index (χ4n) is 10.0. The summed E-state index contributed by atoms with van der Waals surface area (Å²) in [6, 6.07) is 79.9. The van der Waals surface area contributed by atoms with Crippen LogP contribution in [0.25, 0.3) is 104 Å². The van der Waals surface area contributed by atoms with E-state index in [0.29, 0.717) is 0 Å². The molecule has 13 aromatic rings. The Balaban J connectivity index is 0.000000127. The number of para-hydroxylation sites is 1. The second-order valence-corrected chi connectivity index (χ2v) is 19.3. The predicted octanol–water partition coefficient (Wildman–Crippen LogP) is 18.4. The van der Waals surface area contributed by atoms with Gasteiger partial charge in [0.05, 0.1) is 33.5 Å². The van der Waals surface area contributed by atoms with Crippen LogP contribution in [0.4, 0.5) is 0 Å².